The molecule has 2 N–H and O–H groups in total. The van der Waals surface area contributed by atoms with Gasteiger partial charge in [-0.25, -0.2) is 9.59 Å². The molecule has 0 atom stereocenters. The van der Waals surface area contributed by atoms with Crippen molar-refractivity contribution in [1.29, 1.82) is 0 Å². The van der Waals surface area contributed by atoms with Crippen molar-refractivity contribution in [2.24, 2.45) is 0 Å². The first kappa shape index (κ1) is 14.4. The maximum Gasteiger partial charge on any atom is 0.335 e. The monoisotopic (exact) mass is 276 g/mol. The van der Waals surface area contributed by atoms with Crippen molar-refractivity contribution >= 4 is 12.0 Å². The Morgan fingerprint density at radius 2 is 2.05 bits per heavy atom. The molecule has 0 unspecified atom stereocenters. The Morgan fingerprint density at radius 1 is 1.35 bits per heavy atom. The van der Waals surface area contributed by atoms with E-state index in [1.54, 1.807) is 18.2 Å². The van der Waals surface area contributed by atoms with Gasteiger partial charge >= 0.3 is 12.0 Å². The van der Waals surface area contributed by atoms with Crippen LogP contribution >= 0.6 is 0 Å². The van der Waals surface area contributed by atoms with Crippen LogP contribution < -0.4 is 5.32 Å². The number of carboxylic acid groups (broad SMARTS) is 1. The molecule has 0 aliphatic heterocycles. The number of hydrogen-bond acceptors (Lipinski definition) is 2. The van der Waals surface area contributed by atoms with Crippen LogP contribution in [0.5, 0.6) is 0 Å². The van der Waals surface area contributed by atoms with Gasteiger partial charge in [0.2, 0.25) is 0 Å². The summed E-state index contributed by atoms with van der Waals surface area (Å²) in [4.78, 5) is 24.9. The molecule has 1 aliphatic carbocycles. The maximum absolute atomic E-state index is 12.0. The zero-order valence-corrected chi connectivity index (χ0v) is 11.6. The molecular weight excluding hydrogens is 256 g/mol. The first-order valence-electron chi connectivity index (χ1n) is 6.99. The second-order valence-corrected chi connectivity index (χ2v) is 4.96. The molecule has 0 spiro atoms. The predicted molar refractivity (Wildman–Crippen MR) is 75.9 cm³/mol. The van der Waals surface area contributed by atoms with E-state index < -0.39 is 5.97 Å². The van der Waals surface area contributed by atoms with Crippen molar-refractivity contribution in [2.75, 3.05) is 13.1 Å². The lowest BCUT2D eigenvalue weighted by atomic mass is 10.0. The smallest absolute Gasteiger partial charge is 0.335 e. The Kier molecular flexibility index (Phi) is 4.61. The van der Waals surface area contributed by atoms with Crippen molar-refractivity contribution in [3.8, 4) is 0 Å². The summed E-state index contributed by atoms with van der Waals surface area (Å²) >= 11 is 0. The largest absolute Gasteiger partial charge is 0.478 e. The van der Waals surface area contributed by atoms with Crippen LogP contribution in [0.15, 0.2) is 24.3 Å². The fourth-order valence-corrected chi connectivity index (χ4v) is 2.31. The van der Waals surface area contributed by atoms with Crippen LogP contribution in [0.25, 0.3) is 0 Å². The van der Waals surface area contributed by atoms with E-state index in [1.807, 2.05) is 17.9 Å². The summed E-state index contributed by atoms with van der Waals surface area (Å²) in [5.41, 5.74) is 1.05. The number of nitrogens with one attached hydrogen (secondary N) is 1. The Hall–Kier alpha value is -2.04. The van der Waals surface area contributed by atoms with Gasteiger partial charge in [-0.05, 0) is 37.8 Å². The summed E-state index contributed by atoms with van der Waals surface area (Å²) in [5, 5.41) is 11.9. The van der Waals surface area contributed by atoms with Crippen LogP contribution in [0.4, 0.5) is 4.79 Å². The van der Waals surface area contributed by atoms with E-state index >= 15 is 0 Å². The lowest BCUT2D eigenvalue weighted by Crippen LogP contribution is -2.42. The quantitative estimate of drug-likeness (QED) is 0.836. The second-order valence-electron chi connectivity index (χ2n) is 4.96. The number of urea groups is 1. The molecule has 20 heavy (non-hydrogen) atoms. The molecule has 1 fully saturated rings. The number of carboxylic acids is 1. The van der Waals surface area contributed by atoms with Crippen LogP contribution in [0, 0.1) is 0 Å². The molecular formula is C15H20N2O3. The lowest BCUT2D eigenvalue weighted by molar-refractivity contribution is 0.0695. The molecule has 1 aliphatic rings. The summed E-state index contributed by atoms with van der Waals surface area (Å²) in [6.07, 6.45) is 2.70. The van der Waals surface area contributed by atoms with Crippen molar-refractivity contribution in [2.45, 2.75) is 32.2 Å². The van der Waals surface area contributed by atoms with Crippen LogP contribution in [0.3, 0.4) is 0 Å². The van der Waals surface area contributed by atoms with Gasteiger partial charge in [0.05, 0.1) is 5.56 Å². The highest BCUT2D eigenvalue weighted by atomic mass is 16.4. The minimum absolute atomic E-state index is 0.0530. The van der Waals surface area contributed by atoms with E-state index in [-0.39, 0.29) is 6.03 Å². The van der Waals surface area contributed by atoms with Gasteiger partial charge in [-0.3, -0.25) is 0 Å². The Bertz CT molecular complexity index is 498. The van der Waals surface area contributed by atoms with Crippen molar-refractivity contribution in [1.82, 2.24) is 10.2 Å². The number of amides is 2. The minimum atomic E-state index is -0.930. The van der Waals surface area contributed by atoms with Crippen molar-refractivity contribution in [3.05, 3.63) is 35.4 Å². The number of carbonyl (C=O) groups excluding carboxylic acids is 1. The number of hydrogen-bond donors (Lipinski definition) is 2. The molecule has 0 radical (unpaired) electrons. The number of benzene rings is 1. The van der Waals surface area contributed by atoms with Gasteiger partial charge in [0.15, 0.2) is 0 Å². The van der Waals surface area contributed by atoms with Gasteiger partial charge in [0.25, 0.3) is 0 Å². The number of aromatic carboxylic acids is 1. The molecule has 108 valence electrons. The minimum Gasteiger partial charge on any atom is -0.478 e. The highest BCUT2D eigenvalue weighted by Gasteiger charge is 2.31. The zero-order chi connectivity index (χ0) is 14.5. The second kappa shape index (κ2) is 6.41. The molecule has 1 aromatic carbocycles. The molecule has 1 aromatic rings. The summed E-state index contributed by atoms with van der Waals surface area (Å²) in [5.74, 6) is -0.930. The third-order valence-electron chi connectivity index (χ3n) is 3.51. The Morgan fingerprint density at radius 3 is 2.65 bits per heavy atom. The van der Waals surface area contributed by atoms with Crippen molar-refractivity contribution in [3.63, 3.8) is 0 Å². The van der Waals surface area contributed by atoms with Crippen LogP contribution in [0.2, 0.25) is 0 Å². The van der Waals surface area contributed by atoms with Crippen LogP contribution in [0.1, 0.15) is 35.7 Å². The summed E-state index contributed by atoms with van der Waals surface area (Å²) in [7, 11) is 0. The standard InChI is InChI=1S/C15H20N2O3/c1-2-17(12-7-8-12)15(20)16-10-9-11-5-3-4-6-13(11)14(18)19/h3-6,12H,2,7-10H2,1H3,(H,16,20)(H,18,19). The molecule has 0 aromatic heterocycles. The number of rotatable bonds is 6. The third kappa shape index (κ3) is 3.50. The molecule has 2 rings (SSSR count). The summed E-state index contributed by atoms with van der Waals surface area (Å²) in [6, 6.07) is 7.23. The normalized spacial score (nSPS) is 13.8. The van der Waals surface area contributed by atoms with E-state index in [0.29, 0.717) is 31.1 Å². The summed E-state index contributed by atoms with van der Waals surface area (Å²) in [6.45, 7) is 3.13. The first-order valence-corrected chi connectivity index (χ1v) is 6.99. The molecule has 2 amide bonds. The fourth-order valence-electron chi connectivity index (χ4n) is 2.31. The van der Waals surface area contributed by atoms with Gasteiger partial charge in [-0.2, -0.15) is 0 Å². The molecule has 1 saturated carbocycles. The van der Waals surface area contributed by atoms with Crippen LogP contribution in [-0.2, 0) is 6.42 Å². The van der Waals surface area contributed by atoms with Gasteiger partial charge in [-0.15, -0.1) is 0 Å². The average molecular weight is 276 g/mol. The van der Waals surface area contributed by atoms with E-state index in [0.717, 1.165) is 18.4 Å². The average Bonchev–Trinajstić information content (AvgIpc) is 3.24. The number of carbonyl (C=O) groups is 2. The predicted octanol–water partition coefficient (Wildman–Crippen LogP) is 2.12. The van der Waals surface area contributed by atoms with Gasteiger partial charge < -0.3 is 15.3 Å². The first-order chi connectivity index (χ1) is 9.63. The molecule has 0 bridgehead atoms. The van der Waals surface area contributed by atoms with Crippen LogP contribution in [-0.4, -0.2) is 41.1 Å². The van der Waals surface area contributed by atoms with E-state index in [2.05, 4.69) is 5.32 Å². The highest BCUT2D eigenvalue weighted by Crippen LogP contribution is 2.26. The topological polar surface area (TPSA) is 69.6 Å². The van der Waals surface area contributed by atoms with Crippen molar-refractivity contribution < 1.29 is 14.7 Å². The number of nitrogens with zero attached hydrogens (tertiary/aromatic N) is 1. The molecule has 0 saturated heterocycles. The lowest BCUT2D eigenvalue weighted by Gasteiger charge is -2.20. The molecule has 0 heterocycles. The highest BCUT2D eigenvalue weighted by molar-refractivity contribution is 5.89. The third-order valence-corrected chi connectivity index (χ3v) is 3.51. The SMILES string of the molecule is CCN(C(=O)NCCc1ccccc1C(=O)O)C1CC1. The zero-order valence-electron chi connectivity index (χ0n) is 11.6. The van der Waals surface area contributed by atoms with E-state index in [4.69, 9.17) is 5.11 Å². The van der Waals surface area contributed by atoms with E-state index in [1.165, 1.54) is 0 Å². The fraction of sp³-hybridized carbons (Fsp3) is 0.467. The summed E-state index contributed by atoms with van der Waals surface area (Å²) < 4.78 is 0. The Labute approximate surface area is 118 Å². The molecule has 5 nitrogen and oxygen atoms in total. The maximum atomic E-state index is 12.0. The van der Waals surface area contributed by atoms with Gasteiger partial charge in [-0.1, -0.05) is 18.2 Å². The van der Waals surface area contributed by atoms with Gasteiger partial charge in [0.1, 0.15) is 0 Å². The van der Waals surface area contributed by atoms with Gasteiger partial charge in [0, 0.05) is 19.1 Å². The Balaban J connectivity index is 1.86. The molecule has 5 heteroatoms. The van der Waals surface area contributed by atoms with E-state index in [9.17, 15) is 9.59 Å².